The lowest BCUT2D eigenvalue weighted by Gasteiger charge is -2.07. The Labute approximate surface area is 126 Å². The maximum atomic E-state index is 10.5. The fourth-order valence-electron chi connectivity index (χ4n) is 1.80. The van der Waals surface area contributed by atoms with Crippen LogP contribution in [0.25, 0.3) is 0 Å². The summed E-state index contributed by atoms with van der Waals surface area (Å²) in [4.78, 5) is 10.5. The normalized spacial score (nSPS) is 10.2. The van der Waals surface area contributed by atoms with Crippen molar-refractivity contribution in [3.63, 3.8) is 0 Å². The zero-order chi connectivity index (χ0) is 14.4. The lowest BCUT2D eigenvalue weighted by molar-refractivity contribution is -0.136. The van der Waals surface area contributed by atoms with E-state index in [-0.39, 0.29) is 6.42 Å². The second-order valence-electron chi connectivity index (χ2n) is 4.46. The van der Waals surface area contributed by atoms with Crippen LogP contribution in [0.3, 0.4) is 0 Å². The molecule has 0 aliphatic heterocycles. The van der Waals surface area contributed by atoms with Gasteiger partial charge in [0.25, 0.3) is 0 Å². The van der Waals surface area contributed by atoms with E-state index < -0.39 is 5.97 Å². The summed E-state index contributed by atoms with van der Waals surface area (Å²) in [6, 6.07) is 15.5. The standard InChI is InChI=1S/C16H15BrO3/c17-14-3-1-2-13(10-14)11-20-15-7-4-12(5-8-15)6-9-16(18)19/h1-5,7-8,10H,6,9,11H2,(H,18,19). The molecule has 0 heterocycles. The number of carbonyl (C=O) groups is 1. The molecule has 3 nitrogen and oxygen atoms in total. The molecule has 4 heteroatoms. The first kappa shape index (κ1) is 14.6. The third-order valence-corrected chi connectivity index (χ3v) is 3.34. The number of aryl methyl sites for hydroxylation is 1. The number of carboxylic acids is 1. The van der Waals surface area contributed by atoms with E-state index >= 15 is 0 Å². The first-order valence-electron chi connectivity index (χ1n) is 6.31. The molecule has 2 rings (SSSR count). The van der Waals surface area contributed by atoms with Gasteiger partial charge >= 0.3 is 5.97 Å². The highest BCUT2D eigenvalue weighted by Gasteiger charge is 2.00. The molecular weight excluding hydrogens is 320 g/mol. The molecule has 1 N–H and O–H groups in total. The maximum absolute atomic E-state index is 10.5. The fraction of sp³-hybridized carbons (Fsp3) is 0.188. The Balaban J connectivity index is 1.89. The van der Waals surface area contributed by atoms with Gasteiger partial charge in [-0.05, 0) is 41.8 Å². The summed E-state index contributed by atoms with van der Waals surface area (Å²) in [6.07, 6.45) is 0.694. The number of benzene rings is 2. The molecule has 0 atom stereocenters. The van der Waals surface area contributed by atoms with Crippen molar-refractivity contribution in [2.75, 3.05) is 0 Å². The molecule has 0 radical (unpaired) electrons. The molecular formula is C16H15BrO3. The topological polar surface area (TPSA) is 46.5 Å². The highest BCUT2D eigenvalue weighted by molar-refractivity contribution is 9.10. The van der Waals surface area contributed by atoms with Crippen LogP contribution in [0.1, 0.15) is 17.5 Å². The molecule has 0 aromatic heterocycles. The number of rotatable bonds is 6. The first-order valence-corrected chi connectivity index (χ1v) is 7.11. The average Bonchev–Trinajstić information content (AvgIpc) is 2.44. The molecule has 0 saturated heterocycles. The molecule has 20 heavy (non-hydrogen) atoms. The molecule has 0 amide bonds. The Morgan fingerprint density at radius 2 is 1.85 bits per heavy atom. The van der Waals surface area contributed by atoms with Gasteiger partial charge in [-0.15, -0.1) is 0 Å². The Hall–Kier alpha value is -1.81. The Bertz CT molecular complexity index is 579. The van der Waals surface area contributed by atoms with Crippen molar-refractivity contribution in [1.82, 2.24) is 0 Å². The van der Waals surface area contributed by atoms with Crippen molar-refractivity contribution < 1.29 is 14.6 Å². The third kappa shape index (κ3) is 4.70. The molecule has 2 aromatic carbocycles. The van der Waals surface area contributed by atoms with Gasteiger partial charge in [0.1, 0.15) is 12.4 Å². The van der Waals surface area contributed by atoms with E-state index in [4.69, 9.17) is 9.84 Å². The third-order valence-electron chi connectivity index (χ3n) is 2.85. The Kier molecular flexibility index (Phi) is 5.18. The van der Waals surface area contributed by atoms with Crippen molar-refractivity contribution in [2.45, 2.75) is 19.4 Å². The Morgan fingerprint density at radius 3 is 2.50 bits per heavy atom. The van der Waals surface area contributed by atoms with Gasteiger partial charge in [-0.25, -0.2) is 0 Å². The van der Waals surface area contributed by atoms with Crippen LogP contribution in [0.15, 0.2) is 53.0 Å². The van der Waals surface area contributed by atoms with Crippen molar-refractivity contribution >= 4 is 21.9 Å². The lowest BCUT2D eigenvalue weighted by atomic mass is 10.1. The SMILES string of the molecule is O=C(O)CCc1ccc(OCc2cccc(Br)c2)cc1. The smallest absolute Gasteiger partial charge is 0.303 e. The predicted octanol–water partition coefficient (Wildman–Crippen LogP) is 4.05. The van der Waals surface area contributed by atoms with E-state index in [0.717, 1.165) is 21.3 Å². The van der Waals surface area contributed by atoms with Gasteiger partial charge in [-0.2, -0.15) is 0 Å². The van der Waals surface area contributed by atoms with Crippen LogP contribution >= 0.6 is 15.9 Å². The number of halogens is 1. The molecule has 0 spiro atoms. The fourth-order valence-corrected chi connectivity index (χ4v) is 2.24. The summed E-state index contributed by atoms with van der Waals surface area (Å²) in [5.74, 6) is 0.00373. The molecule has 0 aliphatic rings. The molecule has 0 saturated carbocycles. The van der Waals surface area contributed by atoms with Gasteiger partial charge in [0.15, 0.2) is 0 Å². The van der Waals surface area contributed by atoms with Crippen LogP contribution in [0.5, 0.6) is 5.75 Å². The van der Waals surface area contributed by atoms with Crippen LogP contribution in [0.4, 0.5) is 0 Å². The number of hydrogen-bond donors (Lipinski definition) is 1. The van der Waals surface area contributed by atoms with Crippen LogP contribution in [0, 0.1) is 0 Å². The summed E-state index contributed by atoms with van der Waals surface area (Å²) < 4.78 is 6.72. The van der Waals surface area contributed by atoms with Crippen LogP contribution in [0.2, 0.25) is 0 Å². The quantitative estimate of drug-likeness (QED) is 0.866. The molecule has 0 unspecified atom stereocenters. The molecule has 0 aliphatic carbocycles. The predicted molar refractivity (Wildman–Crippen MR) is 80.9 cm³/mol. The minimum atomic E-state index is -0.778. The van der Waals surface area contributed by atoms with E-state index in [1.54, 1.807) is 0 Å². The van der Waals surface area contributed by atoms with Gasteiger partial charge in [0, 0.05) is 10.9 Å². The van der Waals surface area contributed by atoms with Gasteiger partial charge < -0.3 is 9.84 Å². The van der Waals surface area contributed by atoms with Crippen LogP contribution in [-0.2, 0) is 17.8 Å². The highest BCUT2D eigenvalue weighted by atomic mass is 79.9. The van der Waals surface area contributed by atoms with Crippen LogP contribution < -0.4 is 4.74 Å². The lowest BCUT2D eigenvalue weighted by Crippen LogP contribution is -1.98. The van der Waals surface area contributed by atoms with Crippen molar-refractivity contribution in [3.05, 3.63) is 64.1 Å². The molecule has 0 bridgehead atoms. The summed E-state index contributed by atoms with van der Waals surface area (Å²) in [5.41, 5.74) is 2.09. The minimum absolute atomic E-state index is 0.151. The molecule has 104 valence electrons. The van der Waals surface area contributed by atoms with Crippen molar-refractivity contribution in [1.29, 1.82) is 0 Å². The van der Waals surface area contributed by atoms with Crippen molar-refractivity contribution in [2.24, 2.45) is 0 Å². The number of carboxylic acid groups (broad SMARTS) is 1. The monoisotopic (exact) mass is 334 g/mol. The summed E-state index contributed by atoms with van der Waals surface area (Å²) >= 11 is 3.42. The van der Waals surface area contributed by atoms with E-state index in [1.807, 2.05) is 48.5 Å². The Morgan fingerprint density at radius 1 is 1.10 bits per heavy atom. The van der Waals surface area contributed by atoms with Gasteiger partial charge in [0.2, 0.25) is 0 Å². The number of ether oxygens (including phenoxy) is 1. The average molecular weight is 335 g/mol. The van der Waals surface area contributed by atoms with E-state index in [9.17, 15) is 4.79 Å². The van der Waals surface area contributed by atoms with Gasteiger partial charge in [-0.1, -0.05) is 40.2 Å². The molecule has 0 fully saturated rings. The maximum Gasteiger partial charge on any atom is 0.303 e. The van der Waals surface area contributed by atoms with E-state index in [0.29, 0.717) is 13.0 Å². The highest BCUT2D eigenvalue weighted by Crippen LogP contribution is 2.17. The zero-order valence-corrected chi connectivity index (χ0v) is 12.5. The first-order chi connectivity index (χ1) is 9.63. The summed E-state index contributed by atoms with van der Waals surface area (Å²) in [6.45, 7) is 0.508. The summed E-state index contributed by atoms with van der Waals surface area (Å²) in [5, 5.41) is 8.63. The van der Waals surface area contributed by atoms with Crippen molar-refractivity contribution in [3.8, 4) is 5.75 Å². The zero-order valence-electron chi connectivity index (χ0n) is 10.9. The van der Waals surface area contributed by atoms with Gasteiger partial charge in [0.05, 0.1) is 0 Å². The number of hydrogen-bond acceptors (Lipinski definition) is 2. The van der Waals surface area contributed by atoms with E-state index in [1.165, 1.54) is 0 Å². The minimum Gasteiger partial charge on any atom is -0.489 e. The molecule has 2 aromatic rings. The number of aliphatic carboxylic acids is 1. The van der Waals surface area contributed by atoms with Crippen LogP contribution in [-0.4, -0.2) is 11.1 Å². The second-order valence-corrected chi connectivity index (χ2v) is 5.37. The van der Waals surface area contributed by atoms with Gasteiger partial charge in [-0.3, -0.25) is 4.79 Å². The largest absolute Gasteiger partial charge is 0.489 e. The second kappa shape index (κ2) is 7.10. The summed E-state index contributed by atoms with van der Waals surface area (Å²) in [7, 11) is 0. The van der Waals surface area contributed by atoms with E-state index in [2.05, 4.69) is 15.9 Å².